The largest absolute Gasteiger partial charge is 0.495 e. The molecule has 0 aliphatic heterocycles. The van der Waals surface area contributed by atoms with Gasteiger partial charge in [-0.3, -0.25) is 0 Å². The Morgan fingerprint density at radius 3 is 2.42 bits per heavy atom. The summed E-state index contributed by atoms with van der Waals surface area (Å²) in [5, 5.41) is 6.62. The van der Waals surface area contributed by atoms with Crippen LogP contribution in [-0.4, -0.2) is 18.6 Å². The second kappa shape index (κ2) is 8.76. The highest BCUT2D eigenvalue weighted by molar-refractivity contribution is 5.72. The van der Waals surface area contributed by atoms with Crippen LogP contribution in [0.1, 0.15) is 12.5 Å². The van der Waals surface area contributed by atoms with Crippen molar-refractivity contribution in [2.45, 2.75) is 13.5 Å². The average Bonchev–Trinajstić information content (AvgIpc) is 2.70. The summed E-state index contributed by atoms with van der Waals surface area (Å²) in [5.41, 5.74) is 2.98. The molecule has 1 heterocycles. The maximum absolute atomic E-state index is 5.82. The lowest BCUT2D eigenvalue weighted by Gasteiger charge is -2.13. The van der Waals surface area contributed by atoms with Crippen LogP contribution in [0.3, 0.4) is 0 Å². The van der Waals surface area contributed by atoms with E-state index in [1.54, 1.807) is 13.3 Å². The molecule has 0 atom stereocenters. The fraction of sp³-hybridized carbons (Fsp3) is 0.190. The van der Waals surface area contributed by atoms with Crippen molar-refractivity contribution >= 4 is 17.2 Å². The first-order chi connectivity index (χ1) is 12.8. The molecule has 3 aromatic rings. The van der Waals surface area contributed by atoms with Crippen LogP contribution in [0.25, 0.3) is 0 Å². The average molecular weight is 349 g/mol. The monoisotopic (exact) mass is 349 g/mol. The molecule has 0 radical (unpaired) electrons. The molecule has 0 spiro atoms. The highest BCUT2D eigenvalue weighted by atomic mass is 16.5. The zero-order chi connectivity index (χ0) is 18.2. The summed E-state index contributed by atoms with van der Waals surface area (Å²) in [7, 11) is 1.63. The topological polar surface area (TPSA) is 55.4 Å². The molecule has 0 bridgehead atoms. The summed E-state index contributed by atoms with van der Waals surface area (Å²) < 4.78 is 11.1. The summed E-state index contributed by atoms with van der Waals surface area (Å²) in [6, 6.07) is 19.9. The number of methoxy groups -OCH3 is 1. The van der Waals surface area contributed by atoms with Crippen LogP contribution in [0.4, 0.5) is 17.2 Å². The minimum absolute atomic E-state index is 0.554. The van der Waals surface area contributed by atoms with Gasteiger partial charge in [0.15, 0.2) is 5.82 Å². The van der Waals surface area contributed by atoms with Gasteiger partial charge in [0.2, 0.25) is 0 Å². The highest BCUT2D eigenvalue weighted by Gasteiger charge is 2.06. The number of hydrogen-bond acceptors (Lipinski definition) is 5. The van der Waals surface area contributed by atoms with Gasteiger partial charge in [-0.15, -0.1) is 0 Å². The molecule has 1 aromatic heterocycles. The van der Waals surface area contributed by atoms with Crippen molar-refractivity contribution < 1.29 is 9.47 Å². The van der Waals surface area contributed by atoms with E-state index in [9.17, 15) is 0 Å². The summed E-state index contributed by atoms with van der Waals surface area (Å²) in [6.07, 6.45) is 1.69. The third-order valence-corrected chi connectivity index (χ3v) is 3.83. The normalized spacial score (nSPS) is 10.2. The van der Waals surface area contributed by atoms with Gasteiger partial charge in [0, 0.05) is 18.3 Å². The molecule has 3 rings (SSSR count). The molecular weight excluding hydrogens is 326 g/mol. The van der Waals surface area contributed by atoms with Crippen LogP contribution >= 0.6 is 0 Å². The van der Waals surface area contributed by atoms with Crippen LogP contribution in [0.2, 0.25) is 0 Å². The van der Waals surface area contributed by atoms with Crippen molar-refractivity contribution in [1.82, 2.24) is 4.98 Å². The lowest BCUT2D eigenvalue weighted by Crippen LogP contribution is -2.03. The number of pyridine rings is 1. The number of ether oxygens (including phenoxy) is 2. The van der Waals surface area contributed by atoms with Gasteiger partial charge in [-0.25, -0.2) is 4.98 Å². The van der Waals surface area contributed by atoms with Crippen molar-refractivity contribution in [2.75, 3.05) is 24.3 Å². The van der Waals surface area contributed by atoms with Gasteiger partial charge < -0.3 is 20.1 Å². The molecule has 5 heteroatoms. The van der Waals surface area contributed by atoms with Gasteiger partial charge in [-0.2, -0.15) is 0 Å². The molecule has 26 heavy (non-hydrogen) atoms. The van der Waals surface area contributed by atoms with Gasteiger partial charge in [0.25, 0.3) is 0 Å². The van der Waals surface area contributed by atoms with Crippen molar-refractivity contribution in [3.05, 3.63) is 72.4 Å². The number of aromatic nitrogens is 1. The van der Waals surface area contributed by atoms with E-state index in [1.165, 1.54) is 0 Å². The fourth-order valence-corrected chi connectivity index (χ4v) is 2.49. The van der Waals surface area contributed by atoms with E-state index < -0.39 is 0 Å². The molecule has 134 valence electrons. The zero-order valence-electron chi connectivity index (χ0n) is 15.0. The number of nitrogens with one attached hydrogen (secondary N) is 2. The lowest BCUT2D eigenvalue weighted by molar-refractivity contribution is 0.306. The highest BCUT2D eigenvalue weighted by Crippen LogP contribution is 2.28. The minimum atomic E-state index is 0.554. The van der Waals surface area contributed by atoms with E-state index in [2.05, 4.69) is 15.6 Å². The summed E-state index contributed by atoms with van der Waals surface area (Å²) >= 11 is 0. The summed E-state index contributed by atoms with van der Waals surface area (Å²) in [6.45, 7) is 3.40. The Hall–Kier alpha value is -3.21. The Morgan fingerprint density at radius 1 is 0.962 bits per heavy atom. The molecule has 0 aliphatic rings. The standard InChI is InChI=1S/C21H23N3O2/c1-3-22-20-13-19(25-2)14-23-21(20)24-17-9-11-18(12-10-17)26-15-16-7-5-4-6-8-16/h4-14,22H,3,15H2,1-2H3,(H,23,24). The molecule has 2 N–H and O–H groups in total. The number of anilines is 3. The van der Waals surface area contributed by atoms with Gasteiger partial charge in [-0.05, 0) is 36.8 Å². The second-order valence-corrected chi connectivity index (χ2v) is 5.73. The van der Waals surface area contributed by atoms with Crippen molar-refractivity contribution in [2.24, 2.45) is 0 Å². The van der Waals surface area contributed by atoms with Gasteiger partial charge in [0.05, 0.1) is 19.0 Å². The van der Waals surface area contributed by atoms with Crippen molar-refractivity contribution in [1.29, 1.82) is 0 Å². The van der Waals surface area contributed by atoms with E-state index in [4.69, 9.17) is 9.47 Å². The number of hydrogen-bond donors (Lipinski definition) is 2. The molecule has 0 unspecified atom stereocenters. The fourth-order valence-electron chi connectivity index (χ4n) is 2.49. The molecule has 0 saturated heterocycles. The molecule has 5 nitrogen and oxygen atoms in total. The molecule has 0 amide bonds. The van der Waals surface area contributed by atoms with Gasteiger partial charge >= 0.3 is 0 Å². The molecule has 0 saturated carbocycles. The first-order valence-electron chi connectivity index (χ1n) is 8.60. The predicted molar refractivity (Wildman–Crippen MR) is 105 cm³/mol. The molecular formula is C21H23N3O2. The first-order valence-corrected chi connectivity index (χ1v) is 8.60. The van der Waals surface area contributed by atoms with E-state index in [0.29, 0.717) is 6.61 Å². The van der Waals surface area contributed by atoms with Crippen LogP contribution in [0.5, 0.6) is 11.5 Å². The summed E-state index contributed by atoms with van der Waals surface area (Å²) in [4.78, 5) is 4.43. The number of rotatable bonds is 8. The third-order valence-electron chi connectivity index (χ3n) is 3.83. The van der Waals surface area contributed by atoms with Crippen molar-refractivity contribution in [3.63, 3.8) is 0 Å². The smallest absolute Gasteiger partial charge is 0.154 e. The minimum Gasteiger partial charge on any atom is -0.495 e. The van der Waals surface area contributed by atoms with Crippen LogP contribution in [-0.2, 0) is 6.61 Å². The number of nitrogens with zero attached hydrogens (tertiary/aromatic N) is 1. The first kappa shape index (κ1) is 17.6. The quantitative estimate of drug-likeness (QED) is 0.609. The van der Waals surface area contributed by atoms with Crippen LogP contribution in [0.15, 0.2) is 66.9 Å². The van der Waals surface area contributed by atoms with E-state index in [1.807, 2.05) is 67.6 Å². The maximum Gasteiger partial charge on any atom is 0.154 e. The Morgan fingerprint density at radius 2 is 1.73 bits per heavy atom. The molecule has 0 fully saturated rings. The maximum atomic E-state index is 5.82. The number of benzene rings is 2. The Labute approximate surface area is 154 Å². The van der Waals surface area contributed by atoms with Crippen LogP contribution in [0, 0.1) is 0 Å². The van der Waals surface area contributed by atoms with Gasteiger partial charge in [0.1, 0.15) is 18.1 Å². The Kier molecular flexibility index (Phi) is 5.93. The molecule has 0 aliphatic carbocycles. The lowest BCUT2D eigenvalue weighted by atomic mass is 10.2. The summed E-state index contributed by atoms with van der Waals surface area (Å²) in [5.74, 6) is 2.30. The third kappa shape index (κ3) is 4.66. The van der Waals surface area contributed by atoms with E-state index >= 15 is 0 Å². The van der Waals surface area contributed by atoms with Gasteiger partial charge in [-0.1, -0.05) is 30.3 Å². The predicted octanol–water partition coefficient (Wildman–Crippen LogP) is 4.84. The van der Waals surface area contributed by atoms with E-state index in [0.717, 1.165) is 40.8 Å². The molecule has 2 aromatic carbocycles. The van der Waals surface area contributed by atoms with Crippen LogP contribution < -0.4 is 20.1 Å². The Bertz CT molecular complexity index is 820. The second-order valence-electron chi connectivity index (χ2n) is 5.73. The zero-order valence-corrected chi connectivity index (χ0v) is 15.0. The van der Waals surface area contributed by atoms with Crippen molar-refractivity contribution in [3.8, 4) is 11.5 Å². The van der Waals surface area contributed by atoms with E-state index in [-0.39, 0.29) is 0 Å². The SMILES string of the molecule is CCNc1cc(OC)cnc1Nc1ccc(OCc2ccccc2)cc1. The Balaban J connectivity index is 1.65.